The molecule has 7 heteroatoms. The van der Waals surface area contributed by atoms with Gasteiger partial charge in [0.1, 0.15) is 6.23 Å². The topological polar surface area (TPSA) is 73.6 Å². The van der Waals surface area contributed by atoms with Gasteiger partial charge in [0.15, 0.2) is 0 Å². The van der Waals surface area contributed by atoms with Crippen LogP contribution < -0.4 is 10.4 Å². The highest BCUT2D eigenvalue weighted by Crippen LogP contribution is 2.27. The highest BCUT2D eigenvalue weighted by Gasteiger charge is 2.30. The van der Waals surface area contributed by atoms with Gasteiger partial charge in [-0.25, -0.2) is 4.79 Å². The number of ether oxygens (including phenoxy) is 2. The maximum absolute atomic E-state index is 11.9. The lowest BCUT2D eigenvalue weighted by molar-refractivity contribution is -0.135. The molecular weight excluding hydrogens is 363 g/mol. The van der Waals surface area contributed by atoms with Crippen molar-refractivity contribution in [2.45, 2.75) is 38.2 Å². The van der Waals surface area contributed by atoms with Gasteiger partial charge < -0.3 is 14.6 Å². The third kappa shape index (κ3) is 3.46. The lowest BCUT2D eigenvalue weighted by Gasteiger charge is -2.33. The van der Waals surface area contributed by atoms with Gasteiger partial charge in [0.05, 0.1) is 18.8 Å². The summed E-state index contributed by atoms with van der Waals surface area (Å²) in [6.45, 7) is 2.31. The lowest BCUT2D eigenvalue weighted by atomic mass is 10.1. The minimum absolute atomic E-state index is 0.238. The third-order valence-electron chi connectivity index (χ3n) is 3.03. The number of nitrogens with zero attached hydrogens (tertiary/aromatic N) is 2. The van der Waals surface area contributed by atoms with Gasteiger partial charge >= 0.3 is 5.69 Å². The molecule has 106 valence electrons. The Hall–Kier alpha value is -0.670. The van der Waals surface area contributed by atoms with E-state index < -0.39 is 6.10 Å². The summed E-state index contributed by atoms with van der Waals surface area (Å²) in [5.74, 6) is 0.324. The first kappa shape index (κ1) is 14.7. The number of halogens is 1. The zero-order valence-electron chi connectivity index (χ0n) is 10.7. The predicted molar refractivity (Wildman–Crippen MR) is 77.7 cm³/mol. The Morgan fingerprint density at radius 1 is 1.63 bits per heavy atom. The van der Waals surface area contributed by atoms with Gasteiger partial charge in [0.2, 0.25) is 5.88 Å². The first-order valence-electron chi connectivity index (χ1n) is 6.27. The Labute approximate surface area is 124 Å². The van der Waals surface area contributed by atoms with Crippen LogP contribution in [0.15, 0.2) is 17.1 Å². The number of aromatic nitrogens is 2. The molecule has 3 atom stereocenters. The van der Waals surface area contributed by atoms with Gasteiger partial charge in [-0.3, -0.25) is 4.57 Å². The number of hydrogen-bond acceptors (Lipinski definition) is 5. The van der Waals surface area contributed by atoms with E-state index in [0.717, 1.165) is 0 Å². The van der Waals surface area contributed by atoms with E-state index in [0.29, 0.717) is 29.8 Å². The average Bonchev–Trinajstić information content (AvgIpc) is 2.40. The minimum Gasteiger partial charge on any atom is -0.478 e. The summed E-state index contributed by atoms with van der Waals surface area (Å²) in [7, 11) is 0. The molecule has 1 fully saturated rings. The molecule has 3 unspecified atom stereocenters. The molecule has 0 bridgehead atoms. The molecule has 2 heterocycles. The number of aliphatic hydroxyl groups is 1. The molecule has 1 aromatic rings. The summed E-state index contributed by atoms with van der Waals surface area (Å²) >= 11 is 2.17. The fourth-order valence-electron chi connectivity index (χ4n) is 2.05. The van der Waals surface area contributed by atoms with Gasteiger partial charge in [-0.1, -0.05) is 22.6 Å². The third-order valence-corrected chi connectivity index (χ3v) is 3.90. The quantitative estimate of drug-likeness (QED) is 0.626. The molecule has 1 aromatic heterocycles. The van der Waals surface area contributed by atoms with Crippen molar-refractivity contribution in [2.24, 2.45) is 0 Å². The summed E-state index contributed by atoms with van der Waals surface area (Å²) in [6, 6.07) is 1.65. The smallest absolute Gasteiger partial charge is 0.352 e. The number of hydrogen-bond donors (Lipinski definition) is 1. The van der Waals surface area contributed by atoms with Gasteiger partial charge in [0, 0.05) is 16.7 Å². The molecule has 0 spiro atoms. The molecule has 0 amide bonds. The van der Waals surface area contributed by atoms with E-state index in [1.54, 1.807) is 12.3 Å². The molecule has 0 radical (unpaired) electrons. The predicted octanol–water partition coefficient (Wildman–Crippen LogP) is 1.12. The summed E-state index contributed by atoms with van der Waals surface area (Å²) in [5.41, 5.74) is -0.389. The fraction of sp³-hybridized carbons (Fsp3) is 0.667. The van der Waals surface area contributed by atoms with E-state index in [4.69, 9.17) is 9.47 Å². The van der Waals surface area contributed by atoms with Gasteiger partial charge in [-0.05, 0) is 19.8 Å². The fourth-order valence-corrected chi connectivity index (χ4v) is 2.84. The van der Waals surface area contributed by atoms with E-state index in [-0.39, 0.29) is 18.0 Å². The van der Waals surface area contributed by atoms with Crippen LogP contribution in [0.25, 0.3) is 0 Å². The molecule has 19 heavy (non-hydrogen) atoms. The molecule has 2 rings (SSSR count). The normalized spacial score (nSPS) is 27.2. The van der Waals surface area contributed by atoms with Crippen LogP contribution in [0.3, 0.4) is 0 Å². The van der Waals surface area contributed by atoms with Crippen LogP contribution in [0.2, 0.25) is 0 Å². The molecule has 6 nitrogen and oxygen atoms in total. The van der Waals surface area contributed by atoms with E-state index in [1.807, 2.05) is 6.92 Å². The average molecular weight is 380 g/mol. The summed E-state index contributed by atoms with van der Waals surface area (Å²) < 4.78 is 13.1. The number of alkyl halides is 1. The Morgan fingerprint density at radius 3 is 3.05 bits per heavy atom. The Kier molecular flexibility index (Phi) is 5.17. The highest BCUT2D eigenvalue weighted by atomic mass is 127. The molecule has 0 saturated carbocycles. The van der Waals surface area contributed by atoms with Crippen LogP contribution in [0.1, 0.15) is 26.0 Å². The van der Waals surface area contributed by atoms with Crippen molar-refractivity contribution < 1.29 is 14.6 Å². The van der Waals surface area contributed by atoms with Crippen LogP contribution in [-0.2, 0) is 4.74 Å². The van der Waals surface area contributed by atoms with E-state index >= 15 is 0 Å². The zero-order chi connectivity index (χ0) is 13.8. The second kappa shape index (κ2) is 6.67. The van der Waals surface area contributed by atoms with Gasteiger partial charge in [0.25, 0.3) is 0 Å². The molecule has 1 aliphatic rings. The Bertz CT molecular complexity index is 479. The van der Waals surface area contributed by atoms with Gasteiger partial charge in [-0.2, -0.15) is 4.98 Å². The van der Waals surface area contributed by atoms with Crippen molar-refractivity contribution in [1.29, 1.82) is 0 Å². The van der Waals surface area contributed by atoms with Crippen molar-refractivity contribution in [3.63, 3.8) is 0 Å². The van der Waals surface area contributed by atoms with E-state index in [1.165, 1.54) is 4.57 Å². The molecule has 1 N–H and O–H groups in total. The Morgan fingerprint density at radius 2 is 2.42 bits per heavy atom. The van der Waals surface area contributed by atoms with Crippen LogP contribution in [0.5, 0.6) is 5.88 Å². The van der Waals surface area contributed by atoms with Gasteiger partial charge in [-0.15, -0.1) is 0 Å². The summed E-state index contributed by atoms with van der Waals surface area (Å²) in [6.07, 6.45) is 1.80. The van der Waals surface area contributed by atoms with Crippen molar-refractivity contribution in [1.82, 2.24) is 9.55 Å². The highest BCUT2D eigenvalue weighted by molar-refractivity contribution is 14.1. The first-order chi connectivity index (χ1) is 9.15. The largest absolute Gasteiger partial charge is 0.478 e. The SMILES string of the molecule is CCOc1ccn(C2CCC(O)C(CI)O2)c(=O)n1. The van der Waals surface area contributed by atoms with Crippen LogP contribution in [0.4, 0.5) is 0 Å². The first-order valence-corrected chi connectivity index (χ1v) is 7.79. The van der Waals surface area contributed by atoms with Crippen molar-refractivity contribution in [3.05, 3.63) is 22.7 Å². The minimum atomic E-state index is -0.459. The number of rotatable bonds is 4. The second-order valence-corrected chi connectivity index (χ2v) is 5.20. The lowest BCUT2D eigenvalue weighted by Crippen LogP contribution is -2.41. The van der Waals surface area contributed by atoms with E-state index in [2.05, 4.69) is 27.6 Å². The standard InChI is InChI=1S/C12H17IN2O4/c1-2-18-10-5-6-15(12(17)14-10)11-4-3-8(16)9(7-13)19-11/h5-6,8-9,11,16H,2-4,7H2,1H3. The van der Waals surface area contributed by atoms with Crippen LogP contribution >= 0.6 is 22.6 Å². The zero-order valence-corrected chi connectivity index (χ0v) is 12.8. The molecular formula is C12H17IN2O4. The monoisotopic (exact) mass is 380 g/mol. The van der Waals surface area contributed by atoms with E-state index in [9.17, 15) is 9.90 Å². The summed E-state index contributed by atoms with van der Waals surface area (Å²) in [5, 5.41) is 9.76. The number of aliphatic hydroxyl groups excluding tert-OH is 1. The maximum atomic E-state index is 11.9. The Balaban J connectivity index is 2.16. The molecule has 0 aliphatic carbocycles. The summed E-state index contributed by atoms with van der Waals surface area (Å²) in [4.78, 5) is 15.8. The van der Waals surface area contributed by atoms with Crippen molar-refractivity contribution in [2.75, 3.05) is 11.0 Å². The molecule has 1 saturated heterocycles. The molecule has 1 aliphatic heterocycles. The molecule has 0 aromatic carbocycles. The van der Waals surface area contributed by atoms with Crippen LogP contribution in [0, 0.1) is 0 Å². The van der Waals surface area contributed by atoms with Crippen molar-refractivity contribution >= 4 is 22.6 Å². The second-order valence-electron chi connectivity index (χ2n) is 4.32. The van der Waals surface area contributed by atoms with Crippen molar-refractivity contribution in [3.8, 4) is 5.88 Å². The van der Waals surface area contributed by atoms with Crippen LogP contribution in [-0.4, -0.2) is 37.9 Å². The maximum Gasteiger partial charge on any atom is 0.352 e.